The lowest BCUT2D eigenvalue weighted by Crippen LogP contribution is -2.45. The Hall–Kier alpha value is 0.314. The van der Waals surface area contributed by atoms with E-state index in [1.165, 1.54) is 32.1 Å². The average molecular weight is 339 g/mol. The molecule has 0 spiro atoms. The van der Waals surface area contributed by atoms with Gasteiger partial charge < -0.3 is 13.3 Å². The molecule has 0 heterocycles. The van der Waals surface area contributed by atoms with Gasteiger partial charge in [-0.05, 0) is 38.2 Å². The summed E-state index contributed by atoms with van der Waals surface area (Å²) in [5.74, 6) is 0. The van der Waals surface area contributed by atoms with Crippen LogP contribution in [-0.4, -0.2) is 39.6 Å². The van der Waals surface area contributed by atoms with Gasteiger partial charge in [-0.15, -0.1) is 0 Å². The molecular weight excluding hydrogens is 296 g/mol. The normalized spacial score (nSPS) is 10.6. The lowest BCUT2D eigenvalue weighted by molar-refractivity contribution is 0.0706. The molecule has 21 heavy (non-hydrogen) atoms. The second kappa shape index (κ2) is 20.3. The monoisotopic (exact) mass is 338 g/mol. The van der Waals surface area contributed by atoms with Gasteiger partial charge >= 0.3 is 8.80 Å². The molecular formula is C16H42O3Si2. The Kier molecular flexibility index (Phi) is 25.4. The predicted octanol–water partition coefficient (Wildman–Crippen LogP) is 3.97. The van der Waals surface area contributed by atoms with E-state index < -0.39 is 8.80 Å². The summed E-state index contributed by atoms with van der Waals surface area (Å²) in [7, 11) is -2.36. The molecule has 0 atom stereocenters. The molecule has 132 valence electrons. The first-order valence-electron chi connectivity index (χ1n) is 8.66. The van der Waals surface area contributed by atoms with Crippen molar-refractivity contribution in [2.24, 2.45) is 0 Å². The molecule has 0 N–H and O–H groups in total. The van der Waals surface area contributed by atoms with Crippen molar-refractivity contribution < 1.29 is 13.3 Å². The molecule has 5 heteroatoms. The molecule has 3 nitrogen and oxygen atoms in total. The lowest BCUT2D eigenvalue weighted by atomic mass is 10.1. The largest absolute Gasteiger partial charge is 0.500 e. The van der Waals surface area contributed by atoms with Gasteiger partial charge in [-0.3, -0.25) is 0 Å². The third-order valence-electron chi connectivity index (χ3n) is 2.93. The third kappa shape index (κ3) is 15.0. The molecule has 0 amide bonds. The van der Waals surface area contributed by atoms with Crippen LogP contribution < -0.4 is 0 Å². The molecule has 0 radical (unpaired) electrons. The van der Waals surface area contributed by atoms with E-state index in [9.17, 15) is 0 Å². The van der Waals surface area contributed by atoms with Crippen molar-refractivity contribution in [1.29, 1.82) is 0 Å². The van der Waals surface area contributed by atoms with Crippen molar-refractivity contribution in [2.45, 2.75) is 86.1 Å². The van der Waals surface area contributed by atoms with Crippen molar-refractivity contribution in [1.82, 2.24) is 0 Å². The first-order chi connectivity index (χ1) is 9.74. The molecule has 0 aromatic heterocycles. The highest BCUT2D eigenvalue weighted by Crippen LogP contribution is 2.20. The second-order valence-corrected chi connectivity index (χ2v) is 7.23. The van der Waals surface area contributed by atoms with E-state index in [4.69, 9.17) is 13.3 Å². The topological polar surface area (TPSA) is 27.7 Å². The van der Waals surface area contributed by atoms with Crippen LogP contribution >= 0.6 is 0 Å². The Morgan fingerprint density at radius 2 is 1.00 bits per heavy atom. The minimum Gasteiger partial charge on any atom is -0.374 e. The van der Waals surface area contributed by atoms with Crippen LogP contribution in [0.3, 0.4) is 0 Å². The van der Waals surface area contributed by atoms with Gasteiger partial charge in [0.1, 0.15) is 0 Å². The standard InChI is InChI=1S/C14H32O3Si.C2H6.H4Si/c1-5-9-10-11-12-13-14-18(15-6-2,16-7-3)17-8-4;1-2;/h5-14H2,1-4H3;1-2H3;1H4. The zero-order valence-electron chi connectivity index (χ0n) is 14.8. The highest BCUT2D eigenvalue weighted by Gasteiger charge is 2.39. The Morgan fingerprint density at radius 3 is 1.38 bits per heavy atom. The van der Waals surface area contributed by atoms with Gasteiger partial charge in [0.05, 0.1) is 0 Å². The van der Waals surface area contributed by atoms with Crippen LogP contribution in [0.25, 0.3) is 0 Å². The molecule has 0 aliphatic heterocycles. The summed E-state index contributed by atoms with van der Waals surface area (Å²) >= 11 is 0. The number of unbranched alkanes of at least 4 members (excludes halogenated alkanes) is 5. The van der Waals surface area contributed by atoms with E-state index in [0.29, 0.717) is 19.8 Å². The van der Waals surface area contributed by atoms with Crippen LogP contribution in [-0.2, 0) is 13.3 Å². The molecule has 0 rings (SSSR count). The van der Waals surface area contributed by atoms with Crippen molar-refractivity contribution >= 4 is 19.8 Å². The minimum absolute atomic E-state index is 0. The van der Waals surface area contributed by atoms with Gasteiger partial charge in [0.2, 0.25) is 0 Å². The van der Waals surface area contributed by atoms with Crippen molar-refractivity contribution in [2.75, 3.05) is 19.8 Å². The summed E-state index contributed by atoms with van der Waals surface area (Å²) in [4.78, 5) is 0. The van der Waals surface area contributed by atoms with E-state index in [-0.39, 0.29) is 11.0 Å². The molecule has 0 saturated carbocycles. The summed E-state index contributed by atoms with van der Waals surface area (Å²) in [6.45, 7) is 14.3. The number of hydrogen-bond donors (Lipinski definition) is 0. The fourth-order valence-electron chi connectivity index (χ4n) is 2.12. The first-order valence-corrected chi connectivity index (χ1v) is 10.6. The molecule has 0 aliphatic rings. The summed E-state index contributed by atoms with van der Waals surface area (Å²) < 4.78 is 17.5. The fraction of sp³-hybridized carbons (Fsp3) is 1.00. The quantitative estimate of drug-likeness (QED) is 0.376. The Balaban J connectivity index is -0.00000103. The minimum atomic E-state index is -2.36. The Morgan fingerprint density at radius 1 is 0.619 bits per heavy atom. The van der Waals surface area contributed by atoms with Crippen LogP contribution in [0.1, 0.15) is 80.1 Å². The lowest BCUT2D eigenvalue weighted by Gasteiger charge is -2.28. The van der Waals surface area contributed by atoms with Crippen LogP contribution in [0, 0.1) is 0 Å². The van der Waals surface area contributed by atoms with Crippen LogP contribution in [0.4, 0.5) is 0 Å². The summed E-state index contributed by atoms with van der Waals surface area (Å²) in [5.41, 5.74) is 0. The highest BCUT2D eigenvalue weighted by molar-refractivity contribution is 6.60. The predicted molar refractivity (Wildman–Crippen MR) is 101 cm³/mol. The van der Waals surface area contributed by atoms with Gasteiger partial charge in [-0.25, -0.2) is 0 Å². The van der Waals surface area contributed by atoms with Gasteiger partial charge in [0.15, 0.2) is 0 Å². The van der Waals surface area contributed by atoms with E-state index >= 15 is 0 Å². The molecule has 0 aliphatic carbocycles. The second-order valence-electron chi connectivity index (χ2n) is 4.50. The van der Waals surface area contributed by atoms with Gasteiger partial charge in [0, 0.05) is 25.9 Å². The maximum atomic E-state index is 5.83. The van der Waals surface area contributed by atoms with E-state index in [2.05, 4.69) is 6.92 Å². The van der Waals surface area contributed by atoms with E-state index in [0.717, 1.165) is 12.5 Å². The average Bonchev–Trinajstić information content (AvgIpc) is 2.46. The first kappa shape index (κ1) is 26.2. The smallest absolute Gasteiger partial charge is 0.374 e. The molecule has 0 bridgehead atoms. The third-order valence-corrected chi connectivity index (χ3v) is 6.08. The van der Waals surface area contributed by atoms with E-state index in [1.807, 2.05) is 34.6 Å². The number of hydrogen-bond acceptors (Lipinski definition) is 3. The summed E-state index contributed by atoms with van der Waals surface area (Å²) in [5, 5.41) is 0. The molecule has 0 saturated heterocycles. The Labute approximate surface area is 139 Å². The summed E-state index contributed by atoms with van der Waals surface area (Å²) in [6.07, 6.45) is 7.75. The van der Waals surface area contributed by atoms with Crippen LogP contribution in [0.15, 0.2) is 0 Å². The maximum Gasteiger partial charge on any atom is 0.500 e. The molecule has 0 unspecified atom stereocenters. The fourth-order valence-corrected chi connectivity index (χ4v) is 4.81. The molecule has 0 fully saturated rings. The zero-order valence-corrected chi connectivity index (χ0v) is 15.8. The van der Waals surface area contributed by atoms with Crippen LogP contribution in [0.5, 0.6) is 0 Å². The van der Waals surface area contributed by atoms with Crippen molar-refractivity contribution in [3.8, 4) is 0 Å². The SMILES string of the molecule is CC.CCCCCCCC[Si](OCC)(OCC)OCC.[SiH4]. The van der Waals surface area contributed by atoms with Crippen molar-refractivity contribution in [3.05, 3.63) is 0 Å². The molecule has 0 aromatic carbocycles. The highest BCUT2D eigenvalue weighted by atomic mass is 28.4. The van der Waals surface area contributed by atoms with Crippen molar-refractivity contribution in [3.63, 3.8) is 0 Å². The van der Waals surface area contributed by atoms with Crippen LogP contribution in [0.2, 0.25) is 6.04 Å². The van der Waals surface area contributed by atoms with Gasteiger partial charge in [-0.2, -0.15) is 0 Å². The summed E-state index contributed by atoms with van der Waals surface area (Å²) in [6, 6.07) is 0.967. The zero-order chi connectivity index (χ0) is 15.7. The van der Waals surface area contributed by atoms with Gasteiger partial charge in [0.25, 0.3) is 0 Å². The Bertz CT molecular complexity index is 164. The number of rotatable bonds is 13. The van der Waals surface area contributed by atoms with Gasteiger partial charge in [-0.1, -0.05) is 52.9 Å². The van der Waals surface area contributed by atoms with E-state index in [1.54, 1.807) is 0 Å². The molecule has 0 aromatic rings. The maximum absolute atomic E-state index is 5.83.